The third-order valence-corrected chi connectivity index (χ3v) is 6.06. The SMILES string of the molecule is CC(=O)Nc1ccc(S(=O)(=O)Oc2cccc(CN(Cc3ccco3)C(=O)CC(C)C)c2)cc1. The lowest BCUT2D eigenvalue weighted by Crippen LogP contribution is -2.30. The molecule has 0 aliphatic rings. The summed E-state index contributed by atoms with van der Waals surface area (Å²) in [6.07, 6.45) is 1.95. The van der Waals surface area contributed by atoms with Gasteiger partial charge in [0, 0.05) is 25.6 Å². The van der Waals surface area contributed by atoms with Crippen LogP contribution in [0.25, 0.3) is 0 Å². The lowest BCUT2D eigenvalue weighted by Gasteiger charge is -2.23. The maximum atomic E-state index is 12.8. The number of carbonyl (C=O) groups is 2. The third-order valence-electron chi connectivity index (χ3n) is 4.80. The van der Waals surface area contributed by atoms with E-state index in [2.05, 4.69) is 5.32 Å². The fourth-order valence-electron chi connectivity index (χ4n) is 3.30. The van der Waals surface area contributed by atoms with Crippen LogP contribution in [-0.2, 0) is 32.8 Å². The summed E-state index contributed by atoms with van der Waals surface area (Å²) in [6.45, 7) is 5.90. The molecule has 1 heterocycles. The topological polar surface area (TPSA) is 106 Å². The van der Waals surface area contributed by atoms with Crippen molar-refractivity contribution in [1.29, 1.82) is 0 Å². The summed E-state index contributed by atoms with van der Waals surface area (Å²) >= 11 is 0. The predicted octanol–water partition coefficient (Wildman–Crippen LogP) is 4.58. The van der Waals surface area contributed by atoms with Crippen LogP contribution in [0.3, 0.4) is 0 Å². The van der Waals surface area contributed by atoms with Gasteiger partial charge in [-0.15, -0.1) is 0 Å². The lowest BCUT2D eigenvalue weighted by atomic mass is 10.1. The molecular formula is C25H28N2O6S. The van der Waals surface area contributed by atoms with Crippen LogP contribution in [0, 0.1) is 5.92 Å². The highest BCUT2D eigenvalue weighted by Gasteiger charge is 2.19. The summed E-state index contributed by atoms with van der Waals surface area (Å²) in [5.74, 6) is 0.720. The van der Waals surface area contributed by atoms with E-state index in [-0.39, 0.29) is 34.9 Å². The Balaban J connectivity index is 1.75. The number of furan rings is 1. The first-order valence-corrected chi connectivity index (χ1v) is 12.2. The van der Waals surface area contributed by atoms with E-state index < -0.39 is 10.1 Å². The van der Waals surface area contributed by atoms with Crippen LogP contribution in [0.1, 0.15) is 38.5 Å². The van der Waals surface area contributed by atoms with E-state index in [1.807, 2.05) is 13.8 Å². The molecule has 1 aromatic heterocycles. The number of amides is 2. The molecule has 0 aliphatic heterocycles. The molecule has 0 radical (unpaired) electrons. The molecule has 2 amide bonds. The van der Waals surface area contributed by atoms with Gasteiger partial charge in [0.2, 0.25) is 11.8 Å². The minimum atomic E-state index is -4.09. The molecule has 34 heavy (non-hydrogen) atoms. The number of rotatable bonds is 10. The van der Waals surface area contributed by atoms with Gasteiger partial charge in [0.25, 0.3) is 0 Å². The normalized spacial score (nSPS) is 11.3. The molecule has 0 saturated carbocycles. The maximum absolute atomic E-state index is 12.8. The maximum Gasteiger partial charge on any atom is 0.339 e. The van der Waals surface area contributed by atoms with Crippen LogP contribution >= 0.6 is 0 Å². The van der Waals surface area contributed by atoms with Crippen molar-refractivity contribution >= 4 is 27.6 Å². The van der Waals surface area contributed by atoms with Gasteiger partial charge in [0.05, 0.1) is 12.8 Å². The van der Waals surface area contributed by atoms with Crippen molar-refractivity contribution in [2.45, 2.75) is 45.2 Å². The van der Waals surface area contributed by atoms with Gasteiger partial charge >= 0.3 is 10.1 Å². The summed E-state index contributed by atoms with van der Waals surface area (Å²) in [7, 11) is -4.09. The van der Waals surface area contributed by atoms with Crippen LogP contribution < -0.4 is 9.50 Å². The zero-order valence-electron chi connectivity index (χ0n) is 19.4. The molecule has 3 aromatic rings. The molecule has 0 saturated heterocycles. The van der Waals surface area contributed by atoms with Crippen molar-refractivity contribution in [1.82, 2.24) is 4.90 Å². The first kappa shape index (κ1) is 25.0. The second kappa shape index (κ2) is 11.0. The molecule has 0 atom stereocenters. The summed E-state index contributed by atoms with van der Waals surface area (Å²) in [4.78, 5) is 25.6. The van der Waals surface area contributed by atoms with Gasteiger partial charge in [-0.05, 0) is 60.0 Å². The number of nitrogens with zero attached hydrogens (tertiary/aromatic N) is 1. The highest BCUT2D eigenvalue weighted by Crippen LogP contribution is 2.23. The Morgan fingerprint density at radius 2 is 1.76 bits per heavy atom. The molecule has 2 aromatic carbocycles. The van der Waals surface area contributed by atoms with Gasteiger partial charge in [-0.1, -0.05) is 26.0 Å². The van der Waals surface area contributed by atoms with Crippen LogP contribution in [0.2, 0.25) is 0 Å². The van der Waals surface area contributed by atoms with Gasteiger partial charge in [0.1, 0.15) is 16.4 Å². The van der Waals surface area contributed by atoms with E-state index in [0.717, 1.165) is 5.56 Å². The molecule has 0 fully saturated rings. The van der Waals surface area contributed by atoms with Crippen molar-refractivity contribution < 1.29 is 26.6 Å². The van der Waals surface area contributed by atoms with E-state index in [0.29, 0.717) is 24.4 Å². The molecule has 3 rings (SSSR count). The van der Waals surface area contributed by atoms with E-state index >= 15 is 0 Å². The summed E-state index contributed by atoms with van der Waals surface area (Å²) in [6, 6.07) is 15.9. The number of carbonyl (C=O) groups excluding carboxylic acids is 2. The fourth-order valence-corrected chi connectivity index (χ4v) is 4.22. The van der Waals surface area contributed by atoms with E-state index in [4.69, 9.17) is 8.60 Å². The van der Waals surface area contributed by atoms with Gasteiger partial charge in [0.15, 0.2) is 0 Å². The standard InChI is InChI=1S/C25H28N2O6S/c1-18(2)14-25(29)27(17-23-8-5-13-32-23)16-20-6-4-7-22(15-20)33-34(30,31)24-11-9-21(10-12-24)26-19(3)28/h4-13,15,18H,14,16-17H2,1-3H3,(H,26,28). The largest absolute Gasteiger partial charge is 0.467 e. The molecule has 1 N–H and O–H groups in total. The van der Waals surface area contributed by atoms with Crippen LogP contribution in [-0.4, -0.2) is 25.1 Å². The second-order valence-electron chi connectivity index (χ2n) is 8.32. The molecule has 0 aliphatic carbocycles. The molecule has 8 nitrogen and oxygen atoms in total. The minimum absolute atomic E-state index is 0.0235. The van der Waals surface area contributed by atoms with Gasteiger partial charge in [-0.2, -0.15) is 8.42 Å². The number of nitrogens with one attached hydrogen (secondary N) is 1. The fraction of sp³-hybridized carbons (Fsp3) is 0.280. The Kier molecular flexibility index (Phi) is 8.12. The van der Waals surface area contributed by atoms with Crippen molar-refractivity contribution in [2.75, 3.05) is 5.32 Å². The zero-order chi connectivity index (χ0) is 24.7. The first-order chi connectivity index (χ1) is 16.1. The molecule has 9 heteroatoms. The van der Waals surface area contributed by atoms with Crippen LogP contribution in [0.15, 0.2) is 76.2 Å². The number of hydrogen-bond acceptors (Lipinski definition) is 6. The Bertz CT molecular complexity index is 1220. The number of anilines is 1. The first-order valence-electron chi connectivity index (χ1n) is 10.8. The Labute approximate surface area is 199 Å². The molecule has 0 spiro atoms. The number of hydrogen-bond donors (Lipinski definition) is 1. The summed E-state index contributed by atoms with van der Waals surface area (Å²) < 4.78 is 36.2. The van der Waals surface area contributed by atoms with Crippen LogP contribution in [0.4, 0.5) is 5.69 Å². The van der Waals surface area contributed by atoms with Crippen molar-refractivity contribution in [2.24, 2.45) is 5.92 Å². The highest BCUT2D eigenvalue weighted by molar-refractivity contribution is 7.87. The Hall–Kier alpha value is -3.59. The smallest absolute Gasteiger partial charge is 0.339 e. The summed E-state index contributed by atoms with van der Waals surface area (Å²) in [5, 5.41) is 2.58. The Morgan fingerprint density at radius 1 is 1.03 bits per heavy atom. The minimum Gasteiger partial charge on any atom is -0.467 e. The third kappa shape index (κ3) is 7.21. The van der Waals surface area contributed by atoms with Crippen molar-refractivity contribution in [3.63, 3.8) is 0 Å². The van der Waals surface area contributed by atoms with Gasteiger partial charge < -0.3 is 18.8 Å². The van der Waals surface area contributed by atoms with E-state index in [1.165, 1.54) is 31.2 Å². The summed E-state index contributed by atoms with van der Waals surface area (Å²) in [5.41, 5.74) is 1.20. The van der Waals surface area contributed by atoms with Crippen LogP contribution in [0.5, 0.6) is 5.75 Å². The average molecular weight is 485 g/mol. The Morgan fingerprint density at radius 3 is 2.38 bits per heavy atom. The molecule has 0 bridgehead atoms. The highest BCUT2D eigenvalue weighted by atomic mass is 32.2. The lowest BCUT2D eigenvalue weighted by molar-refractivity contribution is -0.133. The average Bonchev–Trinajstić information content (AvgIpc) is 3.26. The van der Waals surface area contributed by atoms with E-state index in [9.17, 15) is 18.0 Å². The molecule has 0 unspecified atom stereocenters. The zero-order valence-corrected chi connectivity index (χ0v) is 20.2. The van der Waals surface area contributed by atoms with Gasteiger partial charge in [-0.25, -0.2) is 0 Å². The van der Waals surface area contributed by atoms with E-state index in [1.54, 1.807) is 47.6 Å². The van der Waals surface area contributed by atoms with Crippen molar-refractivity contribution in [3.8, 4) is 5.75 Å². The van der Waals surface area contributed by atoms with Gasteiger partial charge in [-0.3, -0.25) is 9.59 Å². The molecular weight excluding hydrogens is 456 g/mol. The predicted molar refractivity (Wildman–Crippen MR) is 127 cm³/mol. The number of benzene rings is 2. The monoisotopic (exact) mass is 484 g/mol. The molecule has 180 valence electrons. The van der Waals surface area contributed by atoms with Crippen molar-refractivity contribution in [3.05, 3.63) is 78.3 Å². The quantitative estimate of drug-likeness (QED) is 0.422. The second-order valence-corrected chi connectivity index (χ2v) is 9.86.